The summed E-state index contributed by atoms with van der Waals surface area (Å²) < 4.78 is 5.50. The van der Waals surface area contributed by atoms with E-state index in [-0.39, 0.29) is 12.0 Å². The van der Waals surface area contributed by atoms with Crippen LogP contribution in [0.3, 0.4) is 0 Å². The average Bonchev–Trinajstić information content (AvgIpc) is 3.33. The highest BCUT2D eigenvalue weighted by atomic mass is 16.6. The average molecular weight is 502 g/mol. The third kappa shape index (κ3) is 5.63. The van der Waals surface area contributed by atoms with E-state index in [9.17, 15) is 9.59 Å². The molecule has 1 N–H and O–H groups in total. The standard InChI is InChI=1S/C27H31N7O3/c1-27(2,3)37-26(36)33-13-11-32(12-14-33)23-8-10-29-16-22(23)31-25(35)21-5-4-6-24(30-21)34-17-19-7-9-28-15-20(19)18-34/h4-10,15-16H,11-14,17-18H2,1-3H3,(H,31,35). The van der Waals surface area contributed by atoms with Crippen LogP contribution in [0.25, 0.3) is 0 Å². The molecule has 3 aromatic heterocycles. The molecular weight excluding hydrogens is 470 g/mol. The Labute approximate surface area is 216 Å². The second-order valence-corrected chi connectivity index (χ2v) is 10.2. The van der Waals surface area contributed by atoms with Gasteiger partial charge >= 0.3 is 6.09 Å². The molecule has 1 saturated heterocycles. The van der Waals surface area contributed by atoms with Crippen LogP contribution >= 0.6 is 0 Å². The van der Waals surface area contributed by atoms with E-state index in [4.69, 9.17) is 4.74 Å². The lowest BCUT2D eigenvalue weighted by atomic mass is 10.2. The Hall–Kier alpha value is -4.21. The number of nitrogens with zero attached hydrogens (tertiary/aromatic N) is 6. The van der Waals surface area contributed by atoms with Gasteiger partial charge in [0.25, 0.3) is 5.91 Å². The molecular formula is C27H31N7O3. The number of aromatic nitrogens is 3. The van der Waals surface area contributed by atoms with Crippen LogP contribution < -0.4 is 15.1 Å². The number of anilines is 3. The molecule has 0 bridgehead atoms. The van der Waals surface area contributed by atoms with Crippen LogP contribution in [-0.4, -0.2) is 63.6 Å². The maximum absolute atomic E-state index is 13.2. The lowest BCUT2D eigenvalue weighted by Gasteiger charge is -2.37. The molecule has 1 fully saturated rings. The minimum absolute atomic E-state index is 0.304. The topological polar surface area (TPSA) is 104 Å². The normalized spacial score (nSPS) is 15.4. The van der Waals surface area contributed by atoms with Gasteiger partial charge in [0, 0.05) is 57.9 Å². The lowest BCUT2D eigenvalue weighted by Crippen LogP contribution is -2.50. The quantitative estimate of drug-likeness (QED) is 0.577. The molecule has 5 rings (SSSR count). The molecule has 0 unspecified atom stereocenters. The zero-order valence-electron chi connectivity index (χ0n) is 21.3. The Morgan fingerprint density at radius 1 is 0.892 bits per heavy atom. The molecule has 0 radical (unpaired) electrons. The Morgan fingerprint density at radius 2 is 1.62 bits per heavy atom. The second-order valence-electron chi connectivity index (χ2n) is 10.2. The number of nitrogens with one attached hydrogen (secondary N) is 1. The van der Waals surface area contributed by atoms with Gasteiger partial charge in [-0.1, -0.05) is 6.07 Å². The van der Waals surface area contributed by atoms with Crippen molar-refractivity contribution in [3.05, 3.63) is 71.9 Å². The zero-order chi connectivity index (χ0) is 26.0. The van der Waals surface area contributed by atoms with Gasteiger partial charge in [-0.05, 0) is 56.2 Å². The maximum atomic E-state index is 13.2. The first kappa shape index (κ1) is 24.5. The fraction of sp³-hybridized carbons (Fsp3) is 0.370. The van der Waals surface area contributed by atoms with E-state index in [1.807, 2.05) is 51.2 Å². The fourth-order valence-electron chi connectivity index (χ4n) is 4.51. The van der Waals surface area contributed by atoms with Crippen LogP contribution in [0.1, 0.15) is 42.4 Å². The smallest absolute Gasteiger partial charge is 0.410 e. The summed E-state index contributed by atoms with van der Waals surface area (Å²) in [7, 11) is 0. The van der Waals surface area contributed by atoms with Gasteiger partial charge in [-0.25, -0.2) is 9.78 Å². The molecule has 2 amide bonds. The minimum atomic E-state index is -0.530. The highest BCUT2D eigenvalue weighted by Crippen LogP contribution is 2.28. The van der Waals surface area contributed by atoms with E-state index in [0.29, 0.717) is 44.1 Å². The molecule has 2 aliphatic heterocycles. The largest absolute Gasteiger partial charge is 0.444 e. The van der Waals surface area contributed by atoms with Crippen molar-refractivity contribution in [1.82, 2.24) is 19.9 Å². The highest BCUT2D eigenvalue weighted by molar-refractivity contribution is 6.04. The maximum Gasteiger partial charge on any atom is 0.410 e. The molecule has 0 atom stereocenters. The summed E-state index contributed by atoms with van der Waals surface area (Å²) in [6.07, 6.45) is 6.70. The predicted molar refractivity (Wildman–Crippen MR) is 141 cm³/mol. The number of piperazine rings is 1. The molecule has 2 aliphatic rings. The number of carbonyl (C=O) groups is 2. The summed E-state index contributed by atoms with van der Waals surface area (Å²) in [5, 5.41) is 2.98. The number of hydrogen-bond donors (Lipinski definition) is 1. The molecule has 37 heavy (non-hydrogen) atoms. The van der Waals surface area contributed by atoms with Crippen LogP contribution in [0.2, 0.25) is 0 Å². The summed E-state index contributed by atoms with van der Waals surface area (Å²) in [6, 6.07) is 9.36. The highest BCUT2D eigenvalue weighted by Gasteiger charge is 2.27. The van der Waals surface area contributed by atoms with Crippen molar-refractivity contribution in [3.63, 3.8) is 0 Å². The third-order valence-electron chi connectivity index (χ3n) is 6.34. The van der Waals surface area contributed by atoms with Crippen molar-refractivity contribution in [2.45, 2.75) is 39.5 Å². The van der Waals surface area contributed by atoms with E-state index >= 15 is 0 Å². The van der Waals surface area contributed by atoms with Gasteiger partial charge in [0.2, 0.25) is 0 Å². The summed E-state index contributed by atoms with van der Waals surface area (Å²) >= 11 is 0. The van der Waals surface area contributed by atoms with Gasteiger partial charge < -0.3 is 24.8 Å². The van der Waals surface area contributed by atoms with Crippen LogP contribution in [0, 0.1) is 0 Å². The number of carbonyl (C=O) groups excluding carboxylic acids is 2. The second kappa shape index (κ2) is 10.0. The minimum Gasteiger partial charge on any atom is -0.444 e. The first-order chi connectivity index (χ1) is 17.8. The van der Waals surface area contributed by atoms with Crippen LogP contribution in [0.15, 0.2) is 55.1 Å². The first-order valence-corrected chi connectivity index (χ1v) is 12.4. The SMILES string of the molecule is CC(C)(C)OC(=O)N1CCN(c2ccncc2NC(=O)c2cccc(N3Cc4ccncc4C3)n2)CC1. The summed E-state index contributed by atoms with van der Waals surface area (Å²) in [5.41, 5.74) is 3.65. The molecule has 10 heteroatoms. The van der Waals surface area contributed by atoms with Gasteiger partial charge in [0.15, 0.2) is 0 Å². The van der Waals surface area contributed by atoms with Gasteiger partial charge in [-0.2, -0.15) is 0 Å². The van der Waals surface area contributed by atoms with Crippen LogP contribution in [0.5, 0.6) is 0 Å². The van der Waals surface area contributed by atoms with E-state index in [0.717, 1.165) is 18.1 Å². The van der Waals surface area contributed by atoms with E-state index in [1.165, 1.54) is 11.1 Å². The monoisotopic (exact) mass is 501 g/mol. The number of amides is 2. The Balaban J connectivity index is 1.25. The van der Waals surface area contributed by atoms with Gasteiger partial charge in [-0.15, -0.1) is 0 Å². The van der Waals surface area contributed by atoms with Gasteiger partial charge in [0.1, 0.15) is 17.1 Å². The van der Waals surface area contributed by atoms with Crippen molar-refractivity contribution in [1.29, 1.82) is 0 Å². The van der Waals surface area contributed by atoms with E-state index in [1.54, 1.807) is 29.6 Å². The van der Waals surface area contributed by atoms with E-state index in [2.05, 4.69) is 30.1 Å². The summed E-state index contributed by atoms with van der Waals surface area (Å²) in [4.78, 5) is 44.6. The Morgan fingerprint density at radius 3 is 2.38 bits per heavy atom. The number of rotatable bonds is 4. The fourth-order valence-corrected chi connectivity index (χ4v) is 4.51. The number of pyridine rings is 3. The van der Waals surface area contributed by atoms with Crippen molar-refractivity contribution < 1.29 is 14.3 Å². The van der Waals surface area contributed by atoms with Crippen LogP contribution in [0.4, 0.5) is 22.0 Å². The Bertz CT molecular complexity index is 1270. The number of fused-ring (bicyclic) bond motifs is 1. The summed E-state index contributed by atoms with van der Waals surface area (Å²) in [5.74, 6) is 0.440. The van der Waals surface area contributed by atoms with Crippen LogP contribution in [-0.2, 0) is 17.8 Å². The Kier molecular flexibility index (Phi) is 6.64. The molecule has 0 aromatic carbocycles. The molecule has 0 spiro atoms. The molecule has 3 aromatic rings. The van der Waals surface area contributed by atoms with Crippen molar-refractivity contribution in [3.8, 4) is 0 Å². The van der Waals surface area contributed by atoms with E-state index < -0.39 is 5.60 Å². The zero-order valence-corrected chi connectivity index (χ0v) is 21.3. The molecule has 0 saturated carbocycles. The molecule has 0 aliphatic carbocycles. The summed E-state index contributed by atoms with van der Waals surface area (Å²) in [6.45, 7) is 9.32. The van der Waals surface area contributed by atoms with Crippen molar-refractivity contribution in [2.24, 2.45) is 0 Å². The lowest BCUT2D eigenvalue weighted by molar-refractivity contribution is 0.0240. The number of hydrogen-bond acceptors (Lipinski definition) is 8. The molecule has 192 valence electrons. The first-order valence-electron chi connectivity index (χ1n) is 12.4. The third-order valence-corrected chi connectivity index (χ3v) is 6.34. The van der Waals surface area contributed by atoms with Crippen molar-refractivity contribution >= 4 is 29.2 Å². The number of ether oxygens (including phenoxy) is 1. The van der Waals surface area contributed by atoms with Crippen molar-refractivity contribution in [2.75, 3.05) is 41.3 Å². The van der Waals surface area contributed by atoms with Gasteiger partial charge in [0.05, 0.1) is 17.6 Å². The molecule has 10 nitrogen and oxygen atoms in total. The van der Waals surface area contributed by atoms with Gasteiger partial charge in [-0.3, -0.25) is 14.8 Å². The predicted octanol–water partition coefficient (Wildman–Crippen LogP) is 3.70. The molecule has 5 heterocycles.